The predicted molar refractivity (Wildman–Crippen MR) is 160 cm³/mol. The molecule has 0 aromatic heterocycles. The van der Waals surface area contributed by atoms with Crippen LogP contribution in [0.4, 0.5) is 5.69 Å². The summed E-state index contributed by atoms with van der Waals surface area (Å²) in [4.78, 5) is 28.5. The van der Waals surface area contributed by atoms with Crippen molar-refractivity contribution in [2.24, 2.45) is 0 Å². The Bertz CT molecular complexity index is 1390. The first kappa shape index (κ1) is 31.5. The molecule has 3 rings (SSSR count). The molecule has 3 aromatic rings. The lowest BCUT2D eigenvalue weighted by Crippen LogP contribution is -2.51. The number of sulfonamides is 1. The maximum absolute atomic E-state index is 14.0. The molecule has 0 saturated heterocycles. The van der Waals surface area contributed by atoms with E-state index in [9.17, 15) is 18.0 Å². The fraction of sp³-hybridized carbons (Fsp3) is 0.355. The molecular weight excluding hydrogens is 542 g/mol. The zero-order valence-corrected chi connectivity index (χ0v) is 25.1. The average Bonchev–Trinajstić information content (AvgIpc) is 2.98. The van der Waals surface area contributed by atoms with Crippen molar-refractivity contribution >= 4 is 27.5 Å². The summed E-state index contributed by atoms with van der Waals surface area (Å²) in [6, 6.07) is 19.2. The van der Waals surface area contributed by atoms with Crippen molar-refractivity contribution < 1.29 is 27.5 Å². The van der Waals surface area contributed by atoms with Gasteiger partial charge in [-0.3, -0.25) is 13.9 Å². The highest BCUT2D eigenvalue weighted by atomic mass is 32.2. The van der Waals surface area contributed by atoms with Crippen LogP contribution in [0.2, 0.25) is 0 Å². The molecule has 41 heavy (non-hydrogen) atoms. The molecule has 2 amide bonds. The Hall–Kier alpha value is -4.05. The summed E-state index contributed by atoms with van der Waals surface area (Å²) in [5.41, 5.74) is 1.97. The van der Waals surface area contributed by atoms with Gasteiger partial charge in [0, 0.05) is 13.1 Å². The van der Waals surface area contributed by atoms with E-state index in [-0.39, 0.29) is 17.3 Å². The Kier molecular flexibility index (Phi) is 11.2. The summed E-state index contributed by atoms with van der Waals surface area (Å²) in [5.74, 6) is 0.376. The van der Waals surface area contributed by atoms with Crippen LogP contribution in [0, 0.1) is 6.92 Å². The minimum Gasteiger partial charge on any atom is -0.497 e. The van der Waals surface area contributed by atoms with Crippen LogP contribution in [-0.4, -0.2) is 58.5 Å². The molecule has 220 valence electrons. The first-order valence-corrected chi connectivity index (χ1v) is 15.0. The van der Waals surface area contributed by atoms with Gasteiger partial charge in [-0.2, -0.15) is 0 Å². The second kappa shape index (κ2) is 14.5. The number of anilines is 1. The third kappa shape index (κ3) is 8.23. The predicted octanol–water partition coefficient (Wildman–Crippen LogP) is 4.54. The van der Waals surface area contributed by atoms with Crippen molar-refractivity contribution in [1.82, 2.24) is 10.2 Å². The van der Waals surface area contributed by atoms with Crippen LogP contribution in [0.15, 0.2) is 77.7 Å². The summed E-state index contributed by atoms with van der Waals surface area (Å²) in [6.07, 6.45) is 1.72. The molecule has 0 radical (unpaired) electrons. The maximum atomic E-state index is 14.0. The SMILES string of the molecule is CCCCNC(=O)C(C)N(Cc1ccc(OC)cc1)C(=O)CN(c1ccc(OC)cc1)S(=O)(=O)c1ccc(C)cc1. The largest absolute Gasteiger partial charge is 0.497 e. The summed E-state index contributed by atoms with van der Waals surface area (Å²) < 4.78 is 39.3. The van der Waals surface area contributed by atoms with Gasteiger partial charge in [-0.25, -0.2) is 8.42 Å². The highest BCUT2D eigenvalue weighted by Gasteiger charge is 2.32. The van der Waals surface area contributed by atoms with E-state index in [1.54, 1.807) is 62.6 Å². The fourth-order valence-corrected chi connectivity index (χ4v) is 5.58. The van der Waals surface area contributed by atoms with Gasteiger partial charge in [-0.1, -0.05) is 43.2 Å². The van der Waals surface area contributed by atoms with Gasteiger partial charge in [0.15, 0.2) is 0 Å². The van der Waals surface area contributed by atoms with E-state index in [1.165, 1.54) is 24.1 Å². The maximum Gasteiger partial charge on any atom is 0.264 e. The van der Waals surface area contributed by atoms with Crippen LogP contribution in [0.25, 0.3) is 0 Å². The summed E-state index contributed by atoms with van der Waals surface area (Å²) in [7, 11) is -1.05. The van der Waals surface area contributed by atoms with E-state index in [0.29, 0.717) is 23.7 Å². The van der Waals surface area contributed by atoms with Gasteiger partial charge in [-0.05, 0) is 74.4 Å². The fourth-order valence-electron chi connectivity index (χ4n) is 4.16. The molecule has 0 heterocycles. The topological polar surface area (TPSA) is 105 Å². The Morgan fingerprint density at radius 2 is 1.44 bits per heavy atom. The van der Waals surface area contributed by atoms with Crippen LogP contribution in [0.1, 0.15) is 37.8 Å². The molecule has 1 atom stereocenters. The van der Waals surface area contributed by atoms with Crippen molar-refractivity contribution in [2.75, 3.05) is 31.6 Å². The number of hydrogen-bond acceptors (Lipinski definition) is 6. The van der Waals surface area contributed by atoms with Crippen molar-refractivity contribution in [1.29, 1.82) is 0 Å². The van der Waals surface area contributed by atoms with E-state index < -0.39 is 28.5 Å². The normalized spacial score (nSPS) is 11.8. The van der Waals surface area contributed by atoms with Gasteiger partial charge in [0.2, 0.25) is 11.8 Å². The highest BCUT2D eigenvalue weighted by Crippen LogP contribution is 2.27. The molecule has 3 aromatic carbocycles. The second-order valence-electron chi connectivity index (χ2n) is 9.71. The molecule has 0 saturated carbocycles. The number of carbonyl (C=O) groups is 2. The van der Waals surface area contributed by atoms with Crippen molar-refractivity contribution in [3.63, 3.8) is 0 Å². The van der Waals surface area contributed by atoms with Crippen LogP contribution < -0.4 is 19.1 Å². The van der Waals surface area contributed by atoms with Crippen molar-refractivity contribution in [3.8, 4) is 11.5 Å². The lowest BCUT2D eigenvalue weighted by atomic mass is 10.1. The first-order valence-electron chi connectivity index (χ1n) is 13.5. The highest BCUT2D eigenvalue weighted by molar-refractivity contribution is 7.92. The molecule has 0 bridgehead atoms. The monoisotopic (exact) mass is 581 g/mol. The van der Waals surface area contributed by atoms with E-state index in [0.717, 1.165) is 28.3 Å². The molecular formula is C31H39N3O6S. The minimum atomic E-state index is -4.14. The Morgan fingerprint density at radius 1 is 0.878 bits per heavy atom. The Morgan fingerprint density at radius 3 is 1.98 bits per heavy atom. The summed E-state index contributed by atoms with van der Waals surface area (Å²) in [5, 5.41) is 2.88. The van der Waals surface area contributed by atoms with Gasteiger partial charge >= 0.3 is 0 Å². The number of aryl methyl sites for hydroxylation is 1. The Labute approximate surface area is 243 Å². The molecule has 10 heteroatoms. The van der Waals surface area contributed by atoms with Crippen LogP contribution in [-0.2, 0) is 26.2 Å². The van der Waals surface area contributed by atoms with Gasteiger partial charge in [0.05, 0.1) is 24.8 Å². The van der Waals surface area contributed by atoms with Gasteiger partial charge in [0.25, 0.3) is 10.0 Å². The number of ether oxygens (including phenoxy) is 2. The van der Waals surface area contributed by atoms with Gasteiger partial charge < -0.3 is 19.7 Å². The number of methoxy groups -OCH3 is 2. The molecule has 1 unspecified atom stereocenters. The number of amides is 2. The molecule has 0 aliphatic heterocycles. The third-order valence-corrected chi connectivity index (χ3v) is 8.55. The van der Waals surface area contributed by atoms with Gasteiger partial charge in [-0.15, -0.1) is 0 Å². The molecule has 1 N–H and O–H groups in total. The molecule has 0 aliphatic rings. The number of nitrogens with zero attached hydrogens (tertiary/aromatic N) is 2. The number of hydrogen-bond donors (Lipinski definition) is 1. The number of rotatable bonds is 14. The summed E-state index contributed by atoms with van der Waals surface area (Å²) >= 11 is 0. The number of unbranched alkanes of at least 4 members (excludes halogenated alkanes) is 1. The molecule has 9 nitrogen and oxygen atoms in total. The number of benzene rings is 3. The lowest BCUT2D eigenvalue weighted by Gasteiger charge is -2.32. The van der Waals surface area contributed by atoms with Crippen LogP contribution in [0.3, 0.4) is 0 Å². The second-order valence-corrected chi connectivity index (χ2v) is 11.6. The van der Waals surface area contributed by atoms with Crippen molar-refractivity contribution in [2.45, 2.75) is 51.1 Å². The van der Waals surface area contributed by atoms with E-state index in [1.807, 2.05) is 26.0 Å². The molecule has 0 fully saturated rings. The number of carbonyl (C=O) groups excluding carboxylic acids is 2. The quantitative estimate of drug-likeness (QED) is 0.280. The average molecular weight is 582 g/mol. The molecule has 0 spiro atoms. The van der Waals surface area contributed by atoms with E-state index >= 15 is 0 Å². The first-order chi connectivity index (χ1) is 19.6. The number of nitrogens with one attached hydrogen (secondary N) is 1. The third-order valence-electron chi connectivity index (χ3n) is 6.76. The smallest absolute Gasteiger partial charge is 0.264 e. The molecule has 0 aliphatic carbocycles. The minimum absolute atomic E-state index is 0.0544. The zero-order valence-electron chi connectivity index (χ0n) is 24.3. The lowest BCUT2D eigenvalue weighted by molar-refractivity contribution is -0.139. The van der Waals surface area contributed by atoms with Crippen molar-refractivity contribution in [3.05, 3.63) is 83.9 Å². The Balaban J connectivity index is 2.00. The summed E-state index contributed by atoms with van der Waals surface area (Å²) in [6.45, 7) is 5.62. The van der Waals surface area contributed by atoms with Crippen LogP contribution in [0.5, 0.6) is 11.5 Å². The zero-order chi connectivity index (χ0) is 30.0. The van der Waals surface area contributed by atoms with E-state index in [4.69, 9.17) is 9.47 Å². The van der Waals surface area contributed by atoms with Crippen LogP contribution >= 0.6 is 0 Å². The van der Waals surface area contributed by atoms with Gasteiger partial charge in [0.1, 0.15) is 24.1 Å². The standard InChI is InChI=1S/C31H39N3O6S/c1-6-7-20-32-31(36)24(3)33(21-25-10-14-27(39-4)15-11-25)30(35)22-34(26-12-16-28(40-5)17-13-26)41(37,38)29-18-8-23(2)9-19-29/h8-19,24H,6-7,20-22H2,1-5H3,(H,32,36). The van der Waals surface area contributed by atoms with E-state index in [2.05, 4.69) is 5.32 Å².